The Morgan fingerprint density at radius 3 is 2.64 bits per heavy atom. The number of carbonyl (C=O) groups excluding carboxylic acids is 1. The number of hydrogen-bond donors (Lipinski definition) is 1. The molecule has 120 valence electrons. The highest BCUT2D eigenvalue weighted by Gasteiger charge is 2.35. The third kappa shape index (κ3) is 3.70. The summed E-state index contributed by atoms with van der Waals surface area (Å²) < 4.78 is 40.8. The maximum absolute atomic E-state index is 12.3. The summed E-state index contributed by atoms with van der Waals surface area (Å²) in [5, 5.41) is 9.06. The van der Waals surface area contributed by atoms with E-state index in [4.69, 9.17) is 5.11 Å². The van der Waals surface area contributed by atoms with Crippen LogP contribution in [0, 0.1) is 0 Å². The summed E-state index contributed by atoms with van der Waals surface area (Å²) in [5.74, 6) is -2.32. The molecule has 1 fully saturated rings. The van der Waals surface area contributed by atoms with E-state index in [9.17, 15) is 22.8 Å². The van der Waals surface area contributed by atoms with Gasteiger partial charge in [0, 0.05) is 12.1 Å². The van der Waals surface area contributed by atoms with Crippen LogP contribution in [0.25, 0.3) is 0 Å². The fourth-order valence-electron chi connectivity index (χ4n) is 2.27. The Morgan fingerprint density at radius 2 is 2.05 bits per heavy atom. The van der Waals surface area contributed by atoms with Crippen LogP contribution in [0.5, 0.6) is 5.75 Å². The molecular weight excluding hydrogens is 371 g/mol. The predicted molar refractivity (Wildman–Crippen MR) is 72.5 cm³/mol. The molecule has 0 bridgehead atoms. The molecule has 22 heavy (non-hydrogen) atoms. The molecule has 1 N–H and O–H groups in total. The standard InChI is InChI=1S/C13H11BrF3NO4/c14-8-4-3-7(6-10(8)22-13(15,16)17)11(19)18-5-1-2-9(18)12(20)21/h3-4,6,9H,1-2,5H2,(H,20,21)/t9-/m0/s1. The second-order valence-corrected chi connectivity index (χ2v) is 5.54. The molecule has 1 saturated heterocycles. The molecule has 1 aliphatic heterocycles. The molecule has 2 rings (SSSR count). The molecule has 1 aromatic carbocycles. The topological polar surface area (TPSA) is 66.8 Å². The lowest BCUT2D eigenvalue weighted by atomic mass is 10.1. The Balaban J connectivity index is 2.27. The number of carboxylic acids is 1. The summed E-state index contributed by atoms with van der Waals surface area (Å²) in [4.78, 5) is 24.5. The van der Waals surface area contributed by atoms with Crippen LogP contribution >= 0.6 is 15.9 Å². The summed E-state index contributed by atoms with van der Waals surface area (Å²) >= 11 is 2.91. The SMILES string of the molecule is O=C(O)[C@@H]1CCCN1C(=O)c1ccc(Br)c(OC(F)(F)F)c1. The average Bonchev–Trinajstić information content (AvgIpc) is 2.88. The van der Waals surface area contributed by atoms with Gasteiger partial charge in [-0.05, 0) is 47.0 Å². The number of carboxylic acid groups (broad SMARTS) is 1. The first kappa shape index (κ1) is 16.6. The summed E-state index contributed by atoms with van der Waals surface area (Å²) in [5.41, 5.74) is -0.0596. The number of aliphatic carboxylic acids is 1. The Morgan fingerprint density at radius 1 is 1.36 bits per heavy atom. The van der Waals surface area contributed by atoms with Crippen molar-refractivity contribution in [3.63, 3.8) is 0 Å². The molecule has 0 aliphatic carbocycles. The summed E-state index contributed by atoms with van der Waals surface area (Å²) in [6.07, 6.45) is -4.03. The molecule has 1 amide bonds. The lowest BCUT2D eigenvalue weighted by molar-refractivity contribution is -0.274. The Labute approximate surface area is 131 Å². The van der Waals surface area contributed by atoms with Gasteiger partial charge < -0.3 is 14.7 Å². The van der Waals surface area contributed by atoms with Gasteiger partial charge >= 0.3 is 12.3 Å². The second-order valence-electron chi connectivity index (χ2n) is 4.69. The Kier molecular flexibility index (Phi) is 4.64. The first-order valence-corrected chi connectivity index (χ1v) is 7.07. The highest BCUT2D eigenvalue weighted by Crippen LogP contribution is 2.32. The van der Waals surface area contributed by atoms with Crippen LogP contribution in [-0.4, -0.2) is 40.8 Å². The van der Waals surface area contributed by atoms with Crippen LogP contribution in [-0.2, 0) is 4.79 Å². The number of likely N-dealkylation sites (tertiary alicyclic amines) is 1. The number of alkyl halides is 3. The third-order valence-corrected chi connectivity index (χ3v) is 3.86. The van der Waals surface area contributed by atoms with Crippen LogP contribution < -0.4 is 4.74 Å². The van der Waals surface area contributed by atoms with Gasteiger partial charge in [0.2, 0.25) is 0 Å². The van der Waals surface area contributed by atoms with Crippen molar-refractivity contribution < 1.29 is 32.6 Å². The van der Waals surface area contributed by atoms with Crippen molar-refractivity contribution in [2.24, 2.45) is 0 Å². The summed E-state index contributed by atoms with van der Waals surface area (Å²) in [6, 6.07) is 2.55. The highest BCUT2D eigenvalue weighted by atomic mass is 79.9. The van der Waals surface area contributed by atoms with Gasteiger partial charge in [0.1, 0.15) is 11.8 Å². The zero-order chi connectivity index (χ0) is 16.5. The van der Waals surface area contributed by atoms with Crippen molar-refractivity contribution in [2.75, 3.05) is 6.54 Å². The van der Waals surface area contributed by atoms with Gasteiger partial charge in [0.25, 0.3) is 5.91 Å². The van der Waals surface area contributed by atoms with Gasteiger partial charge in [-0.1, -0.05) is 0 Å². The molecule has 0 unspecified atom stereocenters. The lowest BCUT2D eigenvalue weighted by Gasteiger charge is -2.22. The average molecular weight is 382 g/mol. The van der Waals surface area contributed by atoms with Gasteiger partial charge in [-0.15, -0.1) is 13.2 Å². The second kappa shape index (κ2) is 6.15. The fraction of sp³-hybridized carbons (Fsp3) is 0.385. The molecule has 0 saturated carbocycles. The first-order chi connectivity index (χ1) is 10.2. The van der Waals surface area contributed by atoms with E-state index < -0.39 is 30.0 Å². The number of rotatable bonds is 3. The van der Waals surface area contributed by atoms with Crippen molar-refractivity contribution in [1.82, 2.24) is 4.90 Å². The molecule has 0 aromatic heterocycles. The van der Waals surface area contributed by atoms with E-state index in [1.54, 1.807) is 0 Å². The molecule has 0 spiro atoms. The van der Waals surface area contributed by atoms with E-state index in [2.05, 4.69) is 20.7 Å². The smallest absolute Gasteiger partial charge is 0.480 e. The van der Waals surface area contributed by atoms with Crippen LogP contribution in [0.3, 0.4) is 0 Å². The van der Waals surface area contributed by atoms with Crippen LogP contribution in [0.1, 0.15) is 23.2 Å². The van der Waals surface area contributed by atoms with Gasteiger partial charge in [-0.3, -0.25) is 4.79 Å². The van der Waals surface area contributed by atoms with E-state index in [0.717, 1.165) is 11.0 Å². The monoisotopic (exact) mass is 381 g/mol. The van der Waals surface area contributed by atoms with Gasteiger partial charge in [-0.2, -0.15) is 0 Å². The lowest BCUT2D eigenvalue weighted by Crippen LogP contribution is -2.40. The quantitative estimate of drug-likeness (QED) is 0.873. The molecule has 1 heterocycles. The fourth-order valence-corrected chi connectivity index (χ4v) is 2.60. The number of benzene rings is 1. The maximum atomic E-state index is 12.3. The minimum absolute atomic E-state index is 0.0394. The van der Waals surface area contributed by atoms with E-state index in [1.165, 1.54) is 12.1 Å². The number of carbonyl (C=O) groups is 2. The minimum Gasteiger partial charge on any atom is -0.480 e. The first-order valence-electron chi connectivity index (χ1n) is 6.28. The summed E-state index contributed by atoms with van der Waals surface area (Å²) in [7, 11) is 0. The van der Waals surface area contributed by atoms with E-state index >= 15 is 0 Å². The molecule has 5 nitrogen and oxygen atoms in total. The molecule has 1 aromatic rings. The van der Waals surface area contributed by atoms with Crippen LogP contribution in [0.4, 0.5) is 13.2 Å². The van der Waals surface area contributed by atoms with Gasteiger partial charge in [-0.25, -0.2) is 4.79 Å². The minimum atomic E-state index is -4.89. The molecular formula is C13H11BrF3NO4. The van der Waals surface area contributed by atoms with E-state index in [1.807, 2.05) is 0 Å². The largest absolute Gasteiger partial charge is 0.573 e. The number of halogens is 4. The summed E-state index contributed by atoms with van der Waals surface area (Å²) in [6.45, 7) is 0.251. The van der Waals surface area contributed by atoms with Crippen molar-refractivity contribution in [1.29, 1.82) is 0 Å². The van der Waals surface area contributed by atoms with Crippen molar-refractivity contribution in [2.45, 2.75) is 25.2 Å². The molecule has 0 radical (unpaired) electrons. The van der Waals surface area contributed by atoms with E-state index in [0.29, 0.717) is 12.8 Å². The van der Waals surface area contributed by atoms with Crippen LogP contribution in [0.2, 0.25) is 0 Å². The Hall–Kier alpha value is -1.77. The third-order valence-electron chi connectivity index (χ3n) is 3.20. The van der Waals surface area contributed by atoms with Gasteiger partial charge in [0.05, 0.1) is 4.47 Å². The van der Waals surface area contributed by atoms with Crippen molar-refractivity contribution in [3.8, 4) is 5.75 Å². The van der Waals surface area contributed by atoms with Gasteiger partial charge in [0.15, 0.2) is 0 Å². The number of nitrogens with zero attached hydrogens (tertiary/aromatic N) is 1. The maximum Gasteiger partial charge on any atom is 0.573 e. The van der Waals surface area contributed by atoms with E-state index in [-0.39, 0.29) is 16.6 Å². The number of ether oxygens (including phenoxy) is 1. The zero-order valence-electron chi connectivity index (χ0n) is 11.1. The highest BCUT2D eigenvalue weighted by molar-refractivity contribution is 9.10. The number of hydrogen-bond acceptors (Lipinski definition) is 3. The van der Waals surface area contributed by atoms with Crippen molar-refractivity contribution in [3.05, 3.63) is 28.2 Å². The molecule has 1 atom stereocenters. The molecule has 1 aliphatic rings. The van der Waals surface area contributed by atoms with Crippen LogP contribution in [0.15, 0.2) is 22.7 Å². The predicted octanol–water partition coefficient (Wildman–Crippen LogP) is 3.04. The molecule has 9 heteroatoms. The Bertz CT molecular complexity index is 605. The normalized spacial score (nSPS) is 18.4. The van der Waals surface area contributed by atoms with Crippen molar-refractivity contribution >= 4 is 27.8 Å². The zero-order valence-corrected chi connectivity index (χ0v) is 12.6. The number of amides is 1.